The summed E-state index contributed by atoms with van der Waals surface area (Å²) in [7, 11) is 0. The Kier molecular flexibility index (Phi) is 8.60. The molecule has 0 radical (unpaired) electrons. The van der Waals surface area contributed by atoms with Crippen LogP contribution in [0.2, 0.25) is 0 Å². The van der Waals surface area contributed by atoms with Gasteiger partial charge in [0, 0.05) is 6.04 Å². The monoisotopic (exact) mass is 317 g/mol. The van der Waals surface area contributed by atoms with Crippen LogP contribution >= 0.6 is 0 Å². The number of hydrogen-bond donors (Lipinski definition) is 1. The predicted octanol–water partition coefficient (Wildman–Crippen LogP) is 4.85. The van der Waals surface area contributed by atoms with Gasteiger partial charge in [0.05, 0.1) is 0 Å². The highest BCUT2D eigenvalue weighted by Gasteiger charge is 2.13. The Morgan fingerprint density at radius 3 is 1.96 bits per heavy atom. The van der Waals surface area contributed by atoms with Gasteiger partial charge in [-0.05, 0) is 25.0 Å². The first-order valence-corrected chi connectivity index (χ1v) is 9.32. The summed E-state index contributed by atoms with van der Waals surface area (Å²) in [5.74, 6) is 0.757. The van der Waals surface area contributed by atoms with Gasteiger partial charge >= 0.3 is 0 Å². The van der Waals surface area contributed by atoms with E-state index in [2.05, 4.69) is 5.32 Å². The van der Waals surface area contributed by atoms with E-state index in [1.807, 2.05) is 30.3 Å². The van der Waals surface area contributed by atoms with E-state index in [1.165, 1.54) is 57.8 Å². The molecule has 0 aromatic heterocycles. The molecule has 2 rings (SSSR count). The molecule has 3 nitrogen and oxygen atoms in total. The molecule has 1 aliphatic carbocycles. The number of carbonyl (C=O) groups is 1. The van der Waals surface area contributed by atoms with Gasteiger partial charge in [-0.1, -0.05) is 76.0 Å². The van der Waals surface area contributed by atoms with Crippen LogP contribution in [0.4, 0.5) is 0 Å². The molecular formula is C20H31NO2. The van der Waals surface area contributed by atoms with Crippen molar-refractivity contribution in [2.24, 2.45) is 0 Å². The van der Waals surface area contributed by atoms with E-state index in [1.54, 1.807) is 0 Å². The first-order valence-electron chi connectivity index (χ1n) is 9.32. The van der Waals surface area contributed by atoms with Crippen molar-refractivity contribution in [2.45, 2.75) is 76.7 Å². The summed E-state index contributed by atoms with van der Waals surface area (Å²) in [6.45, 7) is 0.112. The number of benzene rings is 1. The molecule has 0 saturated heterocycles. The van der Waals surface area contributed by atoms with Crippen LogP contribution in [0.25, 0.3) is 0 Å². The SMILES string of the molecule is O=C(COc1ccccc1)NC1CCCCCCCCCCC1. The van der Waals surface area contributed by atoms with E-state index in [-0.39, 0.29) is 12.5 Å². The Labute approximate surface area is 140 Å². The fourth-order valence-electron chi connectivity index (χ4n) is 3.24. The second-order valence-corrected chi connectivity index (χ2v) is 6.63. The number of nitrogens with one attached hydrogen (secondary N) is 1. The molecule has 23 heavy (non-hydrogen) atoms. The topological polar surface area (TPSA) is 38.3 Å². The van der Waals surface area contributed by atoms with E-state index in [4.69, 9.17) is 4.74 Å². The number of hydrogen-bond acceptors (Lipinski definition) is 2. The summed E-state index contributed by atoms with van der Waals surface area (Å²) in [5.41, 5.74) is 0. The van der Waals surface area contributed by atoms with Gasteiger partial charge in [0.15, 0.2) is 6.61 Å². The lowest BCUT2D eigenvalue weighted by Crippen LogP contribution is -2.38. The molecule has 1 aromatic carbocycles. The Balaban J connectivity index is 1.72. The number of para-hydroxylation sites is 1. The van der Waals surface area contributed by atoms with E-state index in [0.29, 0.717) is 6.04 Å². The van der Waals surface area contributed by atoms with Gasteiger partial charge in [-0.15, -0.1) is 0 Å². The first kappa shape index (κ1) is 17.8. The molecule has 0 heterocycles. The van der Waals surface area contributed by atoms with Crippen molar-refractivity contribution in [1.29, 1.82) is 0 Å². The Morgan fingerprint density at radius 1 is 0.870 bits per heavy atom. The summed E-state index contributed by atoms with van der Waals surface area (Å²) >= 11 is 0. The quantitative estimate of drug-likeness (QED) is 0.861. The van der Waals surface area contributed by atoms with Gasteiger partial charge < -0.3 is 10.1 Å². The predicted molar refractivity (Wildman–Crippen MR) is 94.7 cm³/mol. The summed E-state index contributed by atoms with van der Waals surface area (Å²) in [6.07, 6.45) is 14.1. The van der Waals surface area contributed by atoms with Crippen LogP contribution < -0.4 is 10.1 Å². The van der Waals surface area contributed by atoms with Crippen molar-refractivity contribution in [3.63, 3.8) is 0 Å². The zero-order chi connectivity index (χ0) is 16.2. The molecule has 1 saturated carbocycles. The summed E-state index contributed by atoms with van der Waals surface area (Å²) in [5, 5.41) is 3.18. The zero-order valence-corrected chi connectivity index (χ0v) is 14.3. The van der Waals surface area contributed by atoms with Gasteiger partial charge in [0.2, 0.25) is 0 Å². The van der Waals surface area contributed by atoms with Crippen LogP contribution in [-0.4, -0.2) is 18.6 Å². The Bertz CT molecular complexity index is 421. The Morgan fingerprint density at radius 2 is 1.39 bits per heavy atom. The number of ether oxygens (including phenoxy) is 1. The second-order valence-electron chi connectivity index (χ2n) is 6.63. The van der Waals surface area contributed by atoms with Crippen LogP contribution in [0.1, 0.15) is 70.6 Å². The maximum atomic E-state index is 12.1. The highest BCUT2D eigenvalue weighted by molar-refractivity contribution is 5.77. The standard InChI is InChI=1S/C20H31NO2/c22-20(17-23-19-15-11-8-12-16-19)21-18-13-9-6-4-2-1-3-5-7-10-14-18/h8,11-12,15-16,18H,1-7,9-10,13-14,17H2,(H,21,22). The maximum absolute atomic E-state index is 12.1. The summed E-state index contributed by atoms with van der Waals surface area (Å²) < 4.78 is 5.53. The molecule has 0 aliphatic heterocycles. The van der Waals surface area contributed by atoms with Crippen LogP contribution in [0.3, 0.4) is 0 Å². The second kappa shape index (κ2) is 11.1. The minimum Gasteiger partial charge on any atom is -0.484 e. The summed E-state index contributed by atoms with van der Waals surface area (Å²) in [4.78, 5) is 12.1. The van der Waals surface area contributed by atoms with Gasteiger partial charge in [0.1, 0.15) is 5.75 Å². The van der Waals surface area contributed by atoms with E-state index < -0.39 is 0 Å². The number of rotatable bonds is 4. The van der Waals surface area contributed by atoms with Gasteiger partial charge in [-0.3, -0.25) is 4.79 Å². The molecule has 1 aromatic rings. The number of carbonyl (C=O) groups excluding carboxylic acids is 1. The van der Waals surface area contributed by atoms with Crippen molar-refractivity contribution in [1.82, 2.24) is 5.32 Å². The molecule has 0 spiro atoms. The van der Waals surface area contributed by atoms with Gasteiger partial charge in [-0.25, -0.2) is 0 Å². The third-order valence-electron chi connectivity index (χ3n) is 4.58. The third-order valence-corrected chi connectivity index (χ3v) is 4.58. The first-order chi connectivity index (χ1) is 11.3. The zero-order valence-electron chi connectivity index (χ0n) is 14.3. The lowest BCUT2D eigenvalue weighted by molar-refractivity contribution is -0.123. The fourth-order valence-corrected chi connectivity index (χ4v) is 3.24. The minimum atomic E-state index is 0.00551. The van der Waals surface area contributed by atoms with E-state index >= 15 is 0 Å². The highest BCUT2D eigenvalue weighted by Crippen LogP contribution is 2.17. The van der Waals surface area contributed by atoms with E-state index in [9.17, 15) is 4.79 Å². The van der Waals surface area contributed by atoms with Crippen molar-refractivity contribution in [2.75, 3.05) is 6.61 Å². The smallest absolute Gasteiger partial charge is 0.258 e. The average molecular weight is 317 g/mol. The van der Waals surface area contributed by atoms with Gasteiger partial charge in [0.25, 0.3) is 5.91 Å². The highest BCUT2D eigenvalue weighted by atomic mass is 16.5. The van der Waals surface area contributed by atoms with Crippen molar-refractivity contribution in [3.05, 3.63) is 30.3 Å². The Hall–Kier alpha value is -1.51. The van der Waals surface area contributed by atoms with Crippen LogP contribution in [0, 0.1) is 0 Å². The molecular weight excluding hydrogens is 286 g/mol. The van der Waals surface area contributed by atoms with E-state index in [0.717, 1.165) is 18.6 Å². The van der Waals surface area contributed by atoms with Crippen LogP contribution in [0.15, 0.2) is 30.3 Å². The molecule has 3 heteroatoms. The average Bonchev–Trinajstić information content (AvgIpc) is 2.56. The molecule has 128 valence electrons. The summed E-state index contributed by atoms with van der Waals surface area (Å²) in [6, 6.07) is 9.85. The van der Waals surface area contributed by atoms with Crippen LogP contribution in [-0.2, 0) is 4.79 Å². The van der Waals surface area contributed by atoms with Crippen molar-refractivity contribution in [3.8, 4) is 5.75 Å². The maximum Gasteiger partial charge on any atom is 0.258 e. The molecule has 1 N–H and O–H groups in total. The van der Waals surface area contributed by atoms with Crippen molar-refractivity contribution < 1.29 is 9.53 Å². The molecule has 0 bridgehead atoms. The van der Waals surface area contributed by atoms with Crippen LogP contribution in [0.5, 0.6) is 5.75 Å². The van der Waals surface area contributed by atoms with Gasteiger partial charge in [-0.2, -0.15) is 0 Å². The third kappa shape index (κ3) is 8.06. The molecule has 1 fully saturated rings. The molecule has 0 atom stereocenters. The molecule has 0 unspecified atom stereocenters. The van der Waals surface area contributed by atoms with Crippen molar-refractivity contribution >= 4 is 5.91 Å². The largest absolute Gasteiger partial charge is 0.484 e. The lowest BCUT2D eigenvalue weighted by Gasteiger charge is -2.19. The lowest BCUT2D eigenvalue weighted by atomic mass is 9.98. The fraction of sp³-hybridized carbons (Fsp3) is 0.650. The minimum absolute atomic E-state index is 0.00551. The number of amides is 1. The molecule has 1 amide bonds. The normalized spacial score (nSPS) is 18.4. The molecule has 1 aliphatic rings.